The highest BCUT2D eigenvalue weighted by Crippen LogP contribution is 2.32. The molecule has 2 aromatic carbocycles. The summed E-state index contributed by atoms with van der Waals surface area (Å²) in [6.45, 7) is 1.23. The average molecular weight is 456 g/mol. The number of hydrogen-bond donors (Lipinski definition) is 0. The lowest BCUT2D eigenvalue weighted by Gasteiger charge is -2.29. The van der Waals surface area contributed by atoms with Gasteiger partial charge in [-0.15, -0.1) is 0 Å². The highest BCUT2D eigenvalue weighted by atomic mass is 16.6. The van der Waals surface area contributed by atoms with Gasteiger partial charge in [-0.3, -0.25) is 9.59 Å². The highest BCUT2D eigenvalue weighted by molar-refractivity contribution is 5.82. The van der Waals surface area contributed by atoms with Crippen molar-refractivity contribution in [2.24, 2.45) is 11.8 Å². The molecule has 1 saturated carbocycles. The Morgan fingerprint density at radius 1 is 0.788 bits per heavy atom. The van der Waals surface area contributed by atoms with Crippen molar-refractivity contribution >= 4 is 23.3 Å². The topological polar surface area (TPSA) is 74.3 Å². The molecule has 3 rings (SSSR count). The third-order valence-corrected chi connectivity index (χ3v) is 5.91. The van der Waals surface area contributed by atoms with Crippen LogP contribution in [0.3, 0.4) is 0 Å². The van der Waals surface area contributed by atoms with Gasteiger partial charge in [-0.1, -0.05) is 31.0 Å². The molecule has 178 valence electrons. The minimum atomic E-state index is -0.458. The maximum atomic E-state index is 12.9. The molecular weight excluding hydrogens is 422 g/mol. The number of esters is 2. The summed E-state index contributed by atoms with van der Waals surface area (Å²) in [7, 11) is 3.19. The molecule has 0 amide bonds. The Balaban J connectivity index is 1.62. The van der Waals surface area contributed by atoms with Gasteiger partial charge < -0.3 is 23.8 Å². The third kappa shape index (κ3) is 6.96. The first kappa shape index (κ1) is 24.6. The molecule has 1 aliphatic rings. The van der Waals surface area contributed by atoms with Crippen LogP contribution in [0.15, 0.2) is 54.6 Å². The molecule has 0 saturated heterocycles. The molecule has 0 bridgehead atoms. The molecule has 7 heteroatoms. The van der Waals surface area contributed by atoms with E-state index in [1.807, 2.05) is 54.6 Å². The van der Waals surface area contributed by atoms with Crippen LogP contribution in [0.4, 0.5) is 11.4 Å². The molecule has 1 fully saturated rings. The van der Waals surface area contributed by atoms with Crippen molar-refractivity contribution in [3.63, 3.8) is 0 Å². The van der Waals surface area contributed by atoms with Crippen molar-refractivity contribution in [3.05, 3.63) is 54.6 Å². The molecule has 2 unspecified atom stereocenters. The lowest BCUT2D eigenvalue weighted by Crippen LogP contribution is -2.36. The van der Waals surface area contributed by atoms with Crippen LogP contribution >= 0.6 is 0 Å². The Morgan fingerprint density at radius 2 is 1.36 bits per heavy atom. The number of para-hydroxylation sites is 1. The van der Waals surface area contributed by atoms with E-state index < -0.39 is 11.8 Å². The molecule has 0 spiro atoms. The molecule has 0 aliphatic heterocycles. The van der Waals surface area contributed by atoms with Crippen molar-refractivity contribution in [1.29, 1.82) is 0 Å². The van der Waals surface area contributed by atoms with Crippen LogP contribution in [-0.4, -0.2) is 52.5 Å². The number of ether oxygens (including phenoxy) is 4. The van der Waals surface area contributed by atoms with Crippen molar-refractivity contribution in [1.82, 2.24) is 0 Å². The molecule has 0 N–H and O–H groups in total. The number of carbonyl (C=O) groups excluding carboxylic acids is 2. The summed E-state index contributed by atoms with van der Waals surface area (Å²) in [5.41, 5.74) is 1.96. The van der Waals surface area contributed by atoms with Crippen molar-refractivity contribution in [2.75, 3.05) is 45.5 Å². The monoisotopic (exact) mass is 455 g/mol. The van der Waals surface area contributed by atoms with E-state index in [0.717, 1.165) is 30.0 Å². The zero-order chi connectivity index (χ0) is 23.5. The van der Waals surface area contributed by atoms with Gasteiger partial charge in [0.1, 0.15) is 19.0 Å². The predicted octanol–water partition coefficient (Wildman–Crippen LogP) is 4.37. The van der Waals surface area contributed by atoms with Gasteiger partial charge in [0, 0.05) is 18.5 Å². The predicted molar refractivity (Wildman–Crippen MR) is 126 cm³/mol. The molecule has 0 aromatic heterocycles. The Kier molecular flexibility index (Phi) is 9.57. The summed E-state index contributed by atoms with van der Waals surface area (Å²) < 4.78 is 21.2. The standard InChI is InChI=1S/C26H33NO6/c1-30-18-19-33-26(29)24-11-7-6-10-23(24)25(28)32-17-16-27(20-8-4-3-5-9-20)21-12-14-22(31-2)15-13-21/h3-5,8-9,12-15,23-24H,6-7,10-11,16-19H2,1-2H3. The highest BCUT2D eigenvalue weighted by Gasteiger charge is 2.37. The molecule has 0 radical (unpaired) electrons. The van der Waals surface area contributed by atoms with Crippen LogP contribution in [0.25, 0.3) is 0 Å². The Labute approximate surface area is 195 Å². The van der Waals surface area contributed by atoms with E-state index in [9.17, 15) is 9.59 Å². The van der Waals surface area contributed by atoms with E-state index in [2.05, 4.69) is 4.90 Å². The van der Waals surface area contributed by atoms with Crippen LogP contribution in [0.1, 0.15) is 25.7 Å². The van der Waals surface area contributed by atoms with Gasteiger partial charge in [0.2, 0.25) is 0 Å². The minimum Gasteiger partial charge on any atom is -0.497 e. The normalized spacial score (nSPS) is 17.8. The van der Waals surface area contributed by atoms with Crippen LogP contribution in [0.2, 0.25) is 0 Å². The van der Waals surface area contributed by atoms with Gasteiger partial charge in [0.05, 0.1) is 32.1 Å². The Morgan fingerprint density at radius 3 is 1.94 bits per heavy atom. The SMILES string of the molecule is COCCOC(=O)C1CCCCC1C(=O)OCCN(c1ccccc1)c1ccc(OC)cc1. The van der Waals surface area contributed by atoms with Crippen molar-refractivity contribution < 1.29 is 28.5 Å². The maximum absolute atomic E-state index is 12.9. The van der Waals surface area contributed by atoms with Gasteiger partial charge in [0.15, 0.2) is 0 Å². The Hall–Kier alpha value is -3.06. The number of anilines is 2. The zero-order valence-electron chi connectivity index (χ0n) is 19.4. The van der Waals surface area contributed by atoms with Crippen LogP contribution < -0.4 is 9.64 Å². The van der Waals surface area contributed by atoms with Crippen molar-refractivity contribution in [2.45, 2.75) is 25.7 Å². The zero-order valence-corrected chi connectivity index (χ0v) is 19.4. The van der Waals surface area contributed by atoms with Crippen molar-refractivity contribution in [3.8, 4) is 5.75 Å². The molecule has 0 heterocycles. The first-order valence-electron chi connectivity index (χ1n) is 11.4. The lowest BCUT2D eigenvalue weighted by atomic mass is 9.79. The van der Waals surface area contributed by atoms with Gasteiger partial charge in [-0.25, -0.2) is 0 Å². The van der Waals surface area contributed by atoms with Gasteiger partial charge in [-0.05, 0) is 49.2 Å². The summed E-state index contributed by atoms with van der Waals surface area (Å²) in [5, 5.41) is 0. The van der Waals surface area contributed by atoms with E-state index in [0.29, 0.717) is 26.0 Å². The molecular formula is C26H33NO6. The second-order valence-corrected chi connectivity index (χ2v) is 8.01. The number of benzene rings is 2. The van der Waals surface area contributed by atoms with E-state index >= 15 is 0 Å². The van der Waals surface area contributed by atoms with E-state index in [4.69, 9.17) is 18.9 Å². The fourth-order valence-corrected chi connectivity index (χ4v) is 4.15. The first-order chi connectivity index (χ1) is 16.1. The molecule has 7 nitrogen and oxygen atoms in total. The fraction of sp³-hybridized carbons (Fsp3) is 0.462. The minimum absolute atomic E-state index is 0.196. The largest absolute Gasteiger partial charge is 0.497 e. The number of methoxy groups -OCH3 is 2. The van der Waals surface area contributed by atoms with E-state index in [1.165, 1.54) is 0 Å². The molecule has 33 heavy (non-hydrogen) atoms. The Bertz CT molecular complexity index is 870. The fourth-order valence-electron chi connectivity index (χ4n) is 4.15. The average Bonchev–Trinajstić information content (AvgIpc) is 2.87. The van der Waals surface area contributed by atoms with Gasteiger partial charge in [-0.2, -0.15) is 0 Å². The number of nitrogens with zero attached hydrogens (tertiary/aromatic N) is 1. The summed E-state index contributed by atoms with van der Waals surface area (Å²) in [5.74, 6) is -0.794. The van der Waals surface area contributed by atoms with Gasteiger partial charge >= 0.3 is 11.9 Å². The second-order valence-electron chi connectivity index (χ2n) is 8.01. The second kappa shape index (κ2) is 12.8. The van der Waals surface area contributed by atoms with Gasteiger partial charge in [0.25, 0.3) is 0 Å². The number of hydrogen-bond acceptors (Lipinski definition) is 7. The quantitative estimate of drug-likeness (QED) is 0.368. The summed E-state index contributed by atoms with van der Waals surface area (Å²) in [4.78, 5) is 27.5. The van der Waals surface area contributed by atoms with E-state index in [-0.39, 0.29) is 25.2 Å². The number of carbonyl (C=O) groups is 2. The van der Waals surface area contributed by atoms with E-state index in [1.54, 1.807) is 14.2 Å². The number of rotatable bonds is 11. The molecule has 1 aliphatic carbocycles. The third-order valence-electron chi connectivity index (χ3n) is 5.91. The van der Waals surface area contributed by atoms with Crippen LogP contribution in [-0.2, 0) is 23.8 Å². The molecule has 2 aromatic rings. The summed E-state index contributed by atoms with van der Waals surface area (Å²) >= 11 is 0. The smallest absolute Gasteiger partial charge is 0.309 e. The lowest BCUT2D eigenvalue weighted by molar-refractivity contribution is -0.163. The van der Waals surface area contributed by atoms with Crippen LogP contribution in [0.5, 0.6) is 5.75 Å². The van der Waals surface area contributed by atoms with Crippen LogP contribution in [0, 0.1) is 11.8 Å². The summed E-state index contributed by atoms with van der Waals surface area (Å²) in [6, 6.07) is 17.7. The summed E-state index contributed by atoms with van der Waals surface area (Å²) in [6.07, 6.45) is 3.11. The molecule has 2 atom stereocenters. The first-order valence-corrected chi connectivity index (χ1v) is 11.4. The maximum Gasteiger partial charge on any atom is 0.309 e.